The number of nitrogens with zero attached hydrogens (tertiary/aromatic N) is 1. The second kappa shape index (κ2) is 10.6. The molecule has 1 heterocycles. The molecule has 0 saturated carbocycles. The SMILES string of the molecule is COc1cc(/C=C2\SC(c3ccccc3)N(c3ccc(NC(C)=O)cc3)C2=O)cc(OC)c1OC. The highest BCUT2D eigenvalue weighted by Gasteiger charge is 2.38. The minimum absolute atomic E-state index is 0.120. The molecule has 1 aliphatic heterocycles. The predicted octanol–water partition coefficient (Wildman–Crippen LogP) is 5.49. The van der Waals surface area contributed by atoms with Crippen LogP contribution in [0.4, 0.5) is 11.4 Å². The minimum atomic E-state index is -0.247. The lowest BCUT2D eigenvalue weighted by Gasteiger charge is -2.24. The van der Waals surface area contributed by atoms with Gasteiger partial charge in [-0.05, 0) is 53.6 Å². The Balaban J connectivity index is 1.75. The number of ether oxygens (including phenoxy) is 3. The van der Waals surface area contributed by atoms with Gasteiger partial charge in [0.2, 0.25) is 11.7 Å². The van der Waals surface area contributed by atoms with Crippen LogP contribution in [0.25, 0.3) is 6.08 Å². The zero-order valence-corrected chi connectivity index (χ0v) is 20.7. The van der Waals surface area contributed by atoms with Crippen LogP contribution in [0.3, 0.4) is 0 Å². The number of carbonyl (C=O) groups excluding carboxylic acids is 2. The Morgan fingerprint density at radius 2 is 1.57 bits per heavy atom. The van der Waals surface area contributed by atoms with Crippen LogP contribution in [0.1, 0.15) is 23.4 Å². The van der Waals surface area contributed by atoms with Crippen LogP contribution < -0.4 is 24.4 Å². The number of methoxy groups -OCH3 is 3. The zero-order valence-electron chi connectivity index (χ0n) is 19.9. The smallest absolute Gasteiger partial charge is 0.266 e. The van der Waals surface area contributed by atoms with Crippen molar-refractivity contribution in [2.75, 3.05) is 31.5 Å². The summed E-state index contributed by atoms with van der Waals surface area (Å²) in [6.07, 6.45) is 1.83. The maximum Gasteiger partial charge on any atom is 0.266 e. The van der Waals surface area contributed by atoms with E-state index in [4.69, 9.17) is 14.2 Å². The Kier molecular flexibility index (Phi) is 7.31. The molecule has 1 atom stereocenters. The summed E-state index contributed by atoms with van der Waals surface area (Å²) in [6.45, 7) is 1.46. The van der Waals surface area contributed by atoms with E-state index in [1.165, 1.54) is 18.7 Å². The highest BCUT2D eigenvalue weighted by atomic mass is 32.2. The first kappa shape index (κ1) is 24.2. The number of amides is 2. The highest BCUT2D eigenvalue weighted by Crippen LogP contribution is 2.49. The number of anilines is 2. The van der Waals surface area contributed by atoms with Crippen molar-refractivity contribution in [1.82, 2.24) is 0 Å². The van der Waals surface area contributed by atoms with Gasteiger partial charge >= 0.3 is 0 Å². The van der Waals surface area contributed by atoms with Crippen LogP contribution in [0.15, 0.2) is 71.6 Å². The number of hydrogen-bond acceptors (Lipinski definition) is 6. The molecule has 1 unspecified atom stereocenters. The van der Waals surface area contributed by atoms with E-state index < -0.39 is 0 Å². The third-order valence-electron chi connectivity index (χ3n) is 5.44. The first-order valence-corrected chi connectivity index (χ1v) is 11.8. The summed E-state index contributed by atoms with van der Waals surface area (Å²) in [4.78, 5) is 27.4. The van der Waals surface area contributed by atoms with Crippen molar-refractivity contribution in [2.24, 2.45) is 0 Å². The monoisotopic (exact) mass is 490 g/mol. The summed E-state index contributed by atoms with van der Waals surface area (Å²) in [7, 11) is 4.66. The molecule has 0 aromatic heterocycles. The summed E-state index contributed by atoms with van der Waals surface area (Å²) in [5.41, 5.74) is 3.17. The van der Waals surface area contributed by atoms with Crippen molar-refractivity contribution in [1.29, 1.82) is 0 Å². The molecule has 0 spiro atoms. The molecule has 0 radical (unpaired) electrons. The van der Waals surface area contributed by atoms with Crippen LogP contribution in [0, 0.1) is 0 Å². The maximum absolute atomic E-state index is 13.7. The van der Waals surface area contributed by atoms with E-state index in [1.807, 2.05) is 60.7 Å². The molecule has 1 fully saturated rings. The van der Waals surface area contributed by atoms with Crippen LogP contribution in [-0.4, -0.2) is 33.1 Å². The quantitative estimate of drug-likeness (QED) is 0.441. The number of hydrogen-bond donors (Lipinski definition) is 1. The Bertz CT molecular complexity index is 1230. The van der Waals surface area contributed by atoms with Gasteiger partial charge in [-0.25, -0.2) is 0 Å². The normalized spacial score (nSPS) is 16.3. The average Bonchev–Trinajstić information content (AvgIpc) is 3.19. The fourth-order valence-electron chi connectivity index (χ4n) is 3.88. The number of nitrogens with one attached hydrogen (secondary N) is 1. The van der Waals surface area contributed by atoms with Crippen molar-refractivity contribution in [3.8, 4) is 17.2 Å². The van der Waals surface area contributed by atoms with Gasteiger partial charge in [-0.3, -0.25) is 14.5 Å². The van der Waals surface area contributed by atoms with Gasteiger partial charge in [0.25, 0.3) is 5.91 Å². The van der Waals surface area contributed by atoms with E-state index in [0.717, 1.165) is 16.8 Å². The van der Waals surface area contributed by atoms with Crippen LogP contribution in [0.2, 0.25) is 0 Å². The maximum atomic E-state index is 13.7. The molecule has 1 N–H and O–H groups in total. The number of carbonyl (C=O) groups is 2. The Labute approximate surface area is 208 Å². The molecule has 2 amide bonds. The van der Waals surface area contributed by atoms with Crippen molar-refractivity contribution in [3.63, 3.8) is 0 Å². The second-order valence-electron chi connectivity index (χ2n) is 7.75. The third-order valence-corrected chi connectivity index (χ3v) is 6.69. The van der Waals surface area contributed by atoms with Gasteiger partial charge in [-0.1, -0.05) is 42.1 Å². The van der Waals surface area contributed by atoms with Crippen LogP contribution in [-0.2, 0) is 9.59 Å². The average molecular weight is 491 g/mol. The van der Waals surface area contributed by atoms with E-state index in [9.17, 15) is 9.59 Å². The van der Waals surface area contributed by atoms with E-state index in [0.29, 0.717) is 27.8 Å². The third kappa shape index (κ3) is 5.12. The fraction of sp³-hybridized carbons (Fsp3) is 0.185. The Hall–Kier alpha value is -3.91. The van der Waals surface area contributed by atoms with Gasteiger partial charge in [-0.15, -0.1) is 0 Å². The summed E-state index contributed by atoms with van der Waals surface area (Å²) in [6, 6.07) is 20.7. The van der Waals surface area contributed by atoms with Crippen LogP contribution >= 0.6 is 11.8 Å². The lowest BCUT2D eigenvalue weighted by molar-refractivity contribution is -0.115. The molecule has 180 valence electrons. The van der Waals surface area contributed by atoms with Gasteiger partial charge < -0.3 is 19.5 Å². The van der Waals surface area contributed by atoms with Gasteiger partial charge in [-0.2, -0.15) is 0 Å². The Morgan fingerprint density at radius 1 is 0.943 bits per heavy atom. The van der Waals surface area contributed by atoms with E-state index in [-0.39, 0.29) is 17.2 Å². The first-order chi connectivity index (χ1) is 16.9. The molecule has 0 aliphatic carbocycles. The lowest BCUT2D eigenvalue weighted by Crippen LogP contribution is -2.27. The molecule has 3 aromatic carbocycles. The van der Waals surface area contributed by atoms with Crippen molar-refractivity contribution >= 4 is 41.0 Å². The van der Waals surface area contributed by atoms with E-state index in [1.54, 1.807) is 38.4 Å². The van der Waals surface area contributed by atoms with Gasteiger partial charge in [0, 0.05) is 18.3 Å². The summed E-state index contributed by atoms with van der Waals surface area (Å²) in [5, 5.41) is 2.51. The Morgan fingerprint density at radius 3 is 2.11 bits per heavy atom. The molecule has 1 saturated heterocycles. The number of benzene rings is 3. The summed E-state index contributed by atoms with van der Waals surface area (Å²) >= 11 is 1.48. The zero-order chi connectivity index (χ0) is 24.9. The lowest BCUT2D eigenvalue weighted by atomic mass is 10.1. The van der Waals surface area contributed by atoms with E-state index >= 15 is 0 Å². The summed E-state index contributed by atoms with van der Waals surface area (Å²) in [5.74, 6) is 1.25. The number of rotatable bonds is 7. The van der Waals surface area contributed by atoms with Gasteiger partial charge in [0.1, 0.15) is 5.37 Å². The molecule has 1 aliphatic rings. The molecule has 4 rings (SSSR count). The second-order valence-corrected chi connectivity index (χ2v) is 8.87. The van der Waals surface area contributed by atoms with Crippen LogP contribution in [0.5, 0.6) is 17.2 Å². The van der Waals surface area contributed by atoms with E-state index in [2.05, 4.69) is 5.32 Å². The molecular formula is C27H26N2O5S. The fourth-order valence-corrected chi connectivity index (χ4v) is 5.14. The highest BCUT2D eigenvalue weighted by molar-refractivity contribution is 8.05. The standard InChI is InChI=1S/C27H26N2O5S/c1-17(30)28-20-10-12-21(13-11-20)29-26(31)24(35-27(29)19-8-6-5-7-9-19)16-18-14-22(32-2)25(34-4)23(15-18)33-3/h5-16,27H,1-4H3,(H,28,30)/b24-16-. The van der Waals surface area contributed by atoms with Crippen molar-refractivity contribution in [2.45, 2.75) is 12.3 Å². The molecule has 0 bridgehead atoms. The molecule has 7 nitrogen and oxygen atoms in total. The predicted molar refractivity (Wildman–Crippen MR) is 139 cm³/mol. The van der Waals surface area contributed by atoms with Gasteiger partial charge in [0.15, 0.2) is 11.5 Å². The van der Waals surface area contributed by atoms with Crippen molar-refractivity contribution < 1.29 is 23.8 Å². The summed E-state index contributed by atoms with van der Waals surface area (Å²) < 4.78 is 16.3. The topological polar surface area (TPSA) is 77.1 Å². The first-order valence-electron chi connectivity index (χ1n) is 10.9. The minimum Gasteiger partial charge on any atom is -0.493 e. The molecular weight excluding hydrogens is 464 g/mol. The molecule has 8 heteroatoms. The molecule has 3 aromatic rings. The van der Waals surface area contributed by atoms with Gasteiger partial charge in [0.05, 0.1) is 26.2 Å². The largest absolute Gasteiger partial charge is 0.493 e. The van der Waals surface area contributed by atoms with Crippen molar-refractivity contribution in [3.05, 3.63) is 82.8 Å². The number of thioether (sulfide) groups is 1. The molecule has 35 heavy (non-hydrogen) atoms.